The van der Waals surface area contributed by atoms with Crippen molar-refractivity contribution in [1.82, 2.24) is 4.31 Å². The van der Waals surface area contributed by atoms with E-state index in [0.29, 0.717) is 0 Å². The molecule has 110 valence electrons. The van der Waals surface area contributed by atoms with Gasteiger partial charge in [-0.3, -0.25) is 10.1 Å². The van der Waals surface area contributed by atoms with Gasteiger partial charge in [0.2, 0.25) is 10.0 Å². The van der Waals surface area contributed by atoms with Gasteiger partial charge in [0, 0.05) is 30.2 Å². The first kappa shape index (κ1) is 15.2. The molecule has 2 atom stereocenters. The molecule has 1 saturated heterocycles. The van der Waals surface area contributed by atoms with Crippen LogP contribution in [0.4, 0.5) is 5.69 Å². The molecule has 0 spiro atoms. The summed E-state index contributed by atoms with van der Waals surface area (Å²) in [6.07, 6.45) is 0. The summed E-state index contributed by atoms with van der Waals surface area (Å²) < 4.78 is 26.1. The predicted molar refractivity (Wildman–Crippen MR) is 74.0 cm³/mol. The molecule has 1 heterocycles. The second-order valence-corrected chi connectivity index (χ2v) is 7.18. The SMILES string of the molecule is CC1CN(S(=O)(=O)c2ccc(Cl)cc2[N+](=O)[O-])CC1N. The number of sulfonamides is 1. The van der Waals surface area contributed by atoms with Gasteiger partial charge in [0.25, 0.3) is 5.69 Å². The average molecular weight is 320 g/mol. The van der Waals surface area contributed by atoms with Crippen LogP contribution in [-0.2, 0) is 10.0 Å². The Morgan fingerprint density at radius 1 is 1.45 bits per heavy atom. The lowest BCUT2D eigenvalue weighted by molar-refractivity contribution is -0.387. The van der Waals surface area contributed by atoms with E-state index in [0.717, 1.165) is 12.1 Å². The van der Waals surface area contributed by atoms with E-state index in [9.17, 15) is 18.5 Å². The van der Waals surface area contributed by atoms with Gasteiger partial charge in [0.05, 0.1) is 4.92 Å². The highest BCUT2D eigenvalue weighted by Crippen LogP contribution is 2.31. The summed E-state index contributed by atoms with van der Waals surface area (Å²) in [5.41, 5.74) is 5.28. The average Bonchev–Trinajstić information content (AvgIpc) is 2.70. The standard InChI is InChI=1S/C11H14ClN3O4S/c1-7-5-14(6-9(7)13)20(18,19)11-3-2-8(12)4-10(11)15(16)17/h2-4,7,9H,5-6,13H2,1H3. The minimum atomic E-state index is -3.94. The molecule has 7 nitrogen and oxygen atoms in total. The molecule has 2 unspecified atom stereocenters. The number of benzene rings is 1. The van der Waals surface area contributed by atoms with Gasteiger partial charge in [0.15, 0.2) is 4.90 Å². The van der Waals surface area contributed by atoms with Gasteiger partial charge in [-0.25, -0.2) is 8.42 Å². The van der Waals surface area contributed by atoms with Crippen LogP contribution in [0.1, 0.15) is 6.92 Å². The molecule has 20 heavy (non-hydrogen) atoms. The monoisotopic (exact) mass is 319 g/mol. The summed E-state index contributed by atoms with van der Waals surface area (Å²) in [5.74, 6) is 0.0103. The molecule has 1 aliphatic heterocycles. The molecule has 1 fully saturated rings. The Hall–Kier alpha value is -1.22. The second kappa shape index (κ2) is 5.28. The Labute approximate surface area is 121 Å². The Morgan fingerprint density at radius 2 is 2.10 bits per heavy atom. The van der Waals surface area contributed by atoms with Gasteiger partial charge in [-0.05, 0) is 18.1 Å². The van der Waals surface area contributed by atoms with Crippen molar-refractivity contribution in [2.75, 3.05) is 13.1 Å². The predicted octanol–water partition coefficient (Wildman–Crippen LogP) is 1.22. The van der Waals surface area contributed by atoms with E-state index >= 15 is 0 Å². The number of nitro benzene ring substituents is 1. The van der Waals surface area contributed by atoms with Crippen LogP contribution >= 0.6 is 11.6 Å². The second-order valence-electron chi connectivity index (χ2n) is 4.83. The Kier molecular flexibility index (Phi) is 4.01. The van der Waals surface area contributed by atoms with E-state index in [1.165, 1.54) is 10.4 Å². The largest absolute Gasteiger partial charge is 0.326 e. The summed E-state index contributed by atoms with van der Waals surface area (Å²) in [6, 6.07) is 3.25. The molecule has 0 aromatic heterocycles. The van der Waals surface area contributed by atoms with Crippen molar-refractivity contribution < 1.29 is 13.3 Å². The maximum Gasteiger partial charge on any atom is 0.290 e. The lowest BCUT2D eigenvalue weighted by atomic mass is 10.1. The Morgan fingerprint density at radius 3 is 2.60 bits per heavy atom. The van der Waals surface area contributed by atoms with E-state index < -0.39 is 20.6 Å². The first-order chi connectivity index (χ1) is 9.23. The van der Waals surface area contributed by atoms with Crippen LogP contribution in [-0.4, -0.2) is 36.8 Å². The molecule has 1 aromatic rings. The molecule has 9 heteroatoms. The molecule has 0 radical (unpaired) electrons. The van der Waals surface area contributed by atoms with Gasteiger partial charge < -0.3 is 5.73 Å². The van der Waals surface area contributed by atoms with E-state index in [1.807, 2.05) is 6.92 Å². The zero-order chi connectivity index (χ0) is 15.1. The first-order valence-corrected chi connectivity index (χ1v) is 7.75. The van der Waals surface area contributed by atoms with Crippen LogP contribution in [0.25, 0.3) is 0 Å². The van der Waals surface area contributed by atoms with Crippen LogP contribution in [0.15, 0.2) is 23.1 Å². The minimum Gasteiger partial charge on any atom is -0.326 e. The number of hydrogen-bond donors (Lipinski definition) is 1. The number of rotatable bonds is 3. The van der Waals surface area contributed by atoms with Gasteiger partial charge in [0.1, 0.15) is 0 Å². The highest BCUT2D eigenvalue weighted by Gasteiger charge is 2.38. The molecule has 0 saturated carbocycles. The molecule has 2 rings (SSSR count). The molecular formula is C11H14ClN3O4S. The molecular weight excluding hydrogens is 306 g/mol. The summed E-state index contributed by atoms with van der Waals surface area (Å²) in [4.78, 5) is 9.90. The number of nitrogens with zero attached hydrogens (tertiary/aromatic N) is 2. The van der Waals surface area contributed by atoms with Crippen molar-refractivity contribution in [3.05, 3.63) is 33.3 Å². The topological polar surface area (TPSA) is 107 Å². The zero-order valence-electron chi connectivity index (χ0n) is 10.7. The first-order valence-electron chi connectivity index (χ1n) is 5.93. The van der Waals surface area contributed by atoms with Crippen molar-refractivity contribution in [2.24, 2.45) is 11.7 Å². The number of hydrogen-bond acceptors (Lipinski definition) is 5. The fraction of sp³-hybridized carbons (Fsp3) is 0.455. The van der Waals surface area contributed by atoms with E-state index in [1.54, 1.807) is 0 Å². The van der Waals surface area contributed by atoms with Crippen LogP contribution in [0.5, 0.6) is 0 Å². The third-order valence-electron chi connectivity index (χ3n) is 3.37. The molecule has 0 aliphatic carbocycles. The van der Waals surface area contributed by atoms with Crippen LogP contribution in [0.3, 0.4) is 0 Å². The van der Waals surface area contributed by atoms with E-state index in [4.69, 9.17) is 17.3 Å². The fourth-order valence-corrected chi connectivity index (χ4v) is 4.01. The third-order valence-corrected chi connectivity index (χ3v) is 5.49. The van der Waals surface area contributed by atoms with Gasteiger partial charge in [-0.1, -0.05) is 18.5 Å². The molecule has 2 N–H and O–H groups in total. The summed E-state index contributed by atoms with van der Waals surface area (Å²) in [6.45, 7) is 2.25. The highest BCUT2D eigenvalue weighted by atomic mass is 35.5. The van der Waals surface area contributed by atoms with Gasteiger partial charge in [-0.2, -0.15) is 4.31 Å². The quantitative estimate of drug-likeness (QED) is 0.665. The van der Waals surface area contributed by atoms with Crippen molar-refractivity contribution >= 4 is 27.3 Å². The van der Waals surface area contributed by atoms with Crippen molar-refractivity contribution in [2.45, 2.75) is 17.9 Å². The lowest BCUT2D eigenvalue weighted by Gasteiger charge is -2.16. The number of nitrogens with two attached hydrogens (primary N) is 1. The summed E-state index contributed by atoms with van der Waals surface area (Å²) >= 11 is 5.68. The smallest absolute Gasteiger partial charge is 0.290 e. The lowest BCUT2D eigenvalue weighted by Crippen LogP contribution is -2.32. The normalized spacial score (nSPS) is 23.9. The summed E-state index contributed by atoms with van der Waals surface area (Å²) in [5, 5.41) is 11.1. The van der Waals surface area contributed by atoms with Gasteiger partial charge in [-0.15, -0.1) is 0 Å². The van der Waals surface area contributed by atoms with Crippen LogP contribution < -0.4 is 5.73 Å². The highest BCUT2D eigenvalue weighted by molar-refractivity contribution is 7.89. The van der Waals surface area contributed by atoms with Crippen molar-refractivity contribution in [3.8, 4) is 0 Å². The molecule has 0 amide bonds. The maximum absolute atomic E-state index is 12.5. The number of nitro groups is 1. The van der Waals surface area contributed by atoms with Crippen LogP contribution in [0.2, 0.25) is 5.02 Å². The maximum atomic E-state index is 12.5. The third kappa shape index (κ3) is 2.64. The molecule has 1 aliphatic rings. The van der Waals surface area contributed by atoms with Gasteiger partial charge >= 0.3 is 0 Å². The molecule has 0 bridgehead atoms. The van der Waals surface area contributed by atoms with E-state index in [-0.39, 0.29) is 35.0 Å². The van der Waals surface area contributed by atoms with Crippen molar-refractivity contribution in [1.29, 1.82) is 0 Å². The summed E-state index contributed by atoms with van der Waals surface area (Å²) in [7, 11) is -3.94. The fourth-order valence-electron chi connectivity index (χ4n) is 2.13. The minimum absolute atomic E-state index is 0.0103. The van der Waals surface area contributed by atoms with E-state index in [2.05, 4.69) is 0 Å². The molecule has 1 aromatic carbocycles. The zero-order valence-corrected chi connectivity index (χ0v) is 12.3. The number of halogens is 1. The Bertz CT molecular complexity index is 639. The Balaban J connectivity index is 2.48. The van der Waals surface area contributed by atoms with Crippen LogP contribution in [0, 0.1) is 16.0 Å². The van der Waals surface area contributed by atoms with Crippen molar-refractivity contribution in [3.63, 3.8) is 0 Å².